The van der Waals surface area contributed by atoms with Gasteiger partial charge in [-0.25, -0.2) is 4.79 Å². The summed E-state index contributed by atoms with van der Waals surface area (Å²) in [5.74, 6) is 0.309. The summed E-state index contributed by atoms with van der Waals surface area (Å²) in [7, 11) is 1.33. The largest absolute Gasteiger partial charge is 0.491 e. The highest BCUT2D eigenvalue weighted by atomic mass is 16.5. The standard InChI is InChI=1S/C17H21NO4/c1-5-15(17(20)21-4)18-9-8-12-10-13(22-11(2)3)6-7-14(12)16(18)19/h6-11,15H,5H2,1-4H3. The number of esters is 1. The molecule has 0 aliphatic rings. The smallest absolute Gasteiger partial charge is 0.328 e. The van der Waals surface area contributed by atoms with Gasteiger partial charge in [-0.05, 0) is 49.9 Å². The zero-order chi connectivity index (χ0) is 16.3. The first-order valence-electron chi connectivity index (χ1n) is 7.37. The number of hydrogen-bond donors (Lipinski definition) is 0. The van der Waals surface area contributed by atoms with Crippen LogP contribution in [-0.4, -0.2) is 23.8 Å². The Morgan fingerprint density at radius 1 is 1.27 bits per heavy atom. The minimum Gasteiger partial charge on any atom is -0.491 e. The second-order valence-corrected chi connectivity index (χ2v) is 5.39. The van der Waals surface area contributed by atoms with E-state index in [1.807, 2.05) is 32.9 Å². The van der Waals surface area contributed by atoms with Crippen LogP contribution in [0.3, 0.4) is 0 Å². The van der Waals surface area contributed by atoms with Crippen LogP contribution in [0.1, 0.15) is 33.2 Å². The van der Waals surface area contributed by atoms with E-state index in [9.17, 15) is 9.59 Å². The zero-order valence-corrected chi connectivity index (χ0v) is 13.3. The summed E-state index contributed by atoms with van der Waals surface area (Å²) >= 11 is 0. The van der Waals surface area contributed by atoms with Crippen molar-refractivity contribution in [2.75, 3.05) is 7.11 Å². The van der Waals surface area contributed by atoms with Crippen molar-refractivity contribution in [2.45, 2.75) is 39.3 Å². The summed E-state index contributed by atoms with van der Waals surface area (Å²) in [5, 5.41) is 1.35. The molecule has 1 aromatic heterocycles. The fourth-order valence-corrected chi connectivity index (χ4v) is 2.44. The number of methoxy groups -OCH3 is 1. The van der Waals surface area contributed by atoms with Crippen LogP contribution in [0, 0.1) is 0 Å². The molecule has 5 heteroatoms. The van der Waals surface area contributed by atoms with Gasteiger partial charge in [-0.3, -0.25) is 4.79 Å². The fraction of sp³-hybridized carbons (Fsp3) is 0.412. The number of pyridine rings is 1. The van der Waals surface area contributed by atoms with Crippen molar-refractivity contribution >= 4 is 16.7 Å². The van der Waals surface area contributed by atoms with Gasteiger partial charge in [0.05, 0.1) is 13.2 Å². The molecule has 1 unspecified atom stereocenters. The molecule has 0 saturated heterocycles. The Bertz CT molecular complexity index is 733. The second kappa shape index (κ2) is 6.64. The maximum absolute atomic E-state index is 12.6. The molecule has 1 atom stereocenters. The number of carbonyl (C=O) groups excluding carboxylic acids is 1. The van der Waals surface area contributed by atoms with Gasteiger partial charge in [-0.15, -0.1) is 0 Å². The van der Waals surface area contributed by atoms with Gasteiger partial charge in [0.1, 0.15) is 11.8 Å². The van der Waals surface area contributed by atoms with Crippen molar-refractivity contribution in [2.24, 2.45) is 0 Å². The van der Waals surface area contributed by atoms with E-state index in [0.29, 0.717) is 11.8 Å². The molecular weight excluding hydrogens is 282 g/mol. The number of nitrogens with zero attached hydrogens (tertiary/aromatic N) is 1. The van der Waals surface area contributed by atoms with E-state index >= 15 is 0 Å². The van der Waals surface area contributed by atoms with Gasteiger partial charge in [0.15, 0.2) is 0 Å². The van der Waals surface area contributed by atoms with Crippen LogP contribution in [0.15, 0.2) is 35.3 Å². The fourth-order valence-electron chi connectivity index (χ4n) is 2.44. The summed E-state index contributed by atoms with van der Waals surface area (Å²) in [4.78, 5) is 24.4. The lowest BCUT2D eigenvalue weighted by Gasteiger charge is -2.16. The number of ether oxygens (including phenoxy) is 2. The van der Waals surface area contributed by atoms with Gasteiger partial charge in [-0.2, -0.15) is 0 Å². The van der Waals surface area contributed by atoms with Gasteiger partial charge >= 0.3 is 5.97 Å². The van der Waals surface area contributed by atoms with Gasteiger partial charge in [0.2, 0.25) is 0 Å². The van der Waals surface area contributed by atoms with E-state index in [1.54, 1.807) is 18.3 Å². The van der Waals surface area contributed by atoms with Crippen molar-refractivity contribution in [1.29, 1.82) is 0 Å². The summed E-state index contributed by atoms with van der Waals surface area (Å²) in [6.45, 7) is 5.74. The Labute approximate surface area is 129 Å². The highest BCUT2D eigenvalue weighted by Crippen LogP contribution is 2.21. The monoisotopic (exact) mass is 303 g/mol. The first-order chi connectivity index (χ1) is 10.5. The Morgan fingerprint density at radius 3 is 2.59 bits per heavy atom. The van der Waals surface area contributed by atoms with E-state index < -0.39 is 12.0 Å². The van der Waals surface area contributed by atoms with Gasteiger partial charge in [0.25, 0.3) is 5.56 Å². The Morgan fingerprint density at radius 2 is 2.00 bits per heavy atom. The van der Waals surface area contributed by atoms with E-state index in [4.69, 9.17) is 9.47 Å². The number of aromatic nitrogens is 1. The highest BCUT2D eigenvalue weighted by Gasteiger charge is 2.20. The van der Waals surface area contributed by atoms with Gasteiger partial charge in [0, 0.05) is 11.6 Å². The molecule has 2 rings (SSSR count). The van der Waals surface area contributed by atoms with Crippen LogP contribution in [0.5, 0.6) is 5.75 Å². The Hall–Kier alpha value is -2.30. The van der Waals surface area contributed by atoms with Crippen molar-refractivity contribution in [1.82, 2.24) is 4.57 Å². The van der Waals surface area contributed by atoms with Crippen LogP contribution in [0.25, 0.3) is 10.8 Å². The third-order valence-corrected chi connectivity index (χ3v) is 3.47. The predicted octanol–water partition coefficient (Wildman–Crippen LogP) is 2.91. The predicted molar refractivity (Wildman–Crippen MR) is 85.3 cm³/mol. The van der Waals surface area contributed by atoms with Crippen LogP contribution >= 0.6 is 0 Å². The molecule has 1 aromatic carbocycles. The summed E-state index contributed by atoms with van der Waals surface area (Å²) in [5.41, 5.74) is -0.203. The zero-order valence-electron chi connectivity index (χ0n) is 13.3. The molecule has 0 saturated carbocycles. The Kier molecular flexibility index (Phi) is 4.85. The molecule has 2 aromatic rings. The molecule has 22 heavy (non-hydrogen) atoms. The maximum Gasteiger partial charge on any atom is 0.328 e. The molecule has 0 N–H and O–H groups in total. The van der Waals surface area contributed by atoms with E-state index in [2.05, 4.69) is 0 Å². The first-order valence-corrected chi connectivity index (χ1v) is 7.37. The molecular formula is C17H21NO4. The van der Waals surface area contributed by atoms with Crippen molar-refractivity contribution < 1.29 is 14.3 Å². The molecule has 0 radical (unpaired) electrons. The summed E-state index contributed by atoms with van der Waals surface area (Å²) in [6.07, 6.45) is 2.20. The highest BCUT2D eigenvalue weighted by molar-refractivity contribution is 5.83. The van der Waals surface area contributed by atoms with Crippen LogP contribution in [0.2, 0.25) is 0 Å². The molecule has 0 spiro atoms. The third-order valence-electron chi connectivity index (χ3n) is 3.47. The van der Waals surface area contributed by atoms with Crippen molar-refractivity contribution in [3.63, 3.8) is 0 Å². The first kappa shape index (κ1) is 16.1. The van der Waals surface area contributed by atoms with E-state index in [-0.39, 0.29) is 11.7 Å². The minimum absolute atomic E-state index is 0.0709. The third kappa shape index (κ3) is 3.13. The summed E-state index contributed by atoms with van der Waals surface area (Å²) in [6, 6.07) is 6.55. The average Bonchev–Trinajstić information content (AvgIpc) is 2.49. The molecule has 0 amide bonds. The van der Waals surface area contributed by atoms with Crippen molar-refractivity contribution in [3.8, 4) is 5.75 Å². The van der Waals surface area contributed by atoms with Crippen LogP contribution in [-0.2, 0) is 9.53 Å². The molecule has 5 nitrogen and oxygen atoms in total. The van der Waals surface area contributed by atoms with Crippen LogP contribution < -0.4 is 10.3 Å². The maximum atomic E-state index is 12.6. The normalized spacial score (nSPS) is 12.4. The van der Waals surface area contributed by atoms with E-state index in [0.717, 1.165) is 11.1 Å². The van der Waals surface area contributed by atoms with Gasteiger partial charge < -0.3 is 14.0 Å². The molecule has 1 heterocycles. The average molecular weight is 303 g/mol. The molecule has 0 fully saturated rings. The molecule has 118 valence electrons. The number of fused-ring (bicyclic) bond motifs is 1. The molecule has 0 aliphatic heterocycles. The number of hydrogen-bond acceptors (Lipinski definition) is 4. The van der Waals surface area contributed by atoms with Crippen LogP contribution in [0.4, 0.5) is 0 Å². The SMILES string of the molecule is CCC(C(=O)OC)n1ccc2cc(OC(C)C)ccc2c1=O. The molecule has 0 aliphatic carbocycles. The number of carbonyl (C=O) groups is 1. The minimum atomic E-state index is -0.603. The lowest BCUT2D eigenvalue weighted by Crippen LogP contribution is -2.29. The number of benzene rings is 1. The molecule has 0 bridgehead atoms. The quantitative estimate of drug-likeness (QED) is 0.797. The lowest BCUT2D eigenvalue weighted by molar-refractivity contribution is -0.144. The van der Waals surface area contributed by atoms with Gasteiger partial charge in [-0.1, -0.05) is 6.92 Å². The number of rotatable bonds is 5. The lowest BCUT2D eigenvalue weighted by atomic mass is 10.1. The van der Waals surface area contributed by atoms with Crippen molar-refractivity contribution in [3.05, 3.63) is 40.8 Å². The Balaban J connectivity index is 2.51. The second-order valence-electron chi connectivity index (χ2n) is 5.39. The summed E-state index contributed by atoms with van der Waals surface area (Å²) < 4.78 is 11.8. The topological polar surface area (TPSA) is 57.5 Å². The van der Waals surface area contributed by atoms with E-state index in [1.165, 1.54) is 11.7 Å².